The molecule has 3 rings (SSSR count). The third-order valence-corrected chi connectivity index (χ3v) is 5.61. The smallest absolute Gasteiger partial charge is 0.322 e. The lowest BCUT2D eigenvalue weighted by molar-refractivity contribution is -0.152. The highest BCUT2D eigenvalue weighted by molar-refractivity contribution is 6.19. The van der Waals surface area contributed by atoms with Crippen molar-refractivity contribution >= 4 is 23.6 Å². The second-order valence-electron chi connectivity index (χ2n) is 7.60. The van der Waals surface area contributed by atoms with E-state index in [1.54, 1.807) is 0 Å². The molecule has 2 fully saturated rings. The predicted molar refractivity (Wildman–Crippen MR) is 101 cm³/mol. The number of amides is 2. The van der Waals surface area contributed by atoms with E-state index in [9.17, 15) is 19.2 Å². The summed E-state index contributed by atoms with van der Waals surface area (Å²) in [5.74, 6) is -3.92. The number of nitrogens with one attached hydrogen (secondary N) is 1. The molecule has 2 N–H and O–H groups in total. The number of carbonyl (C=O) groups excluding carboxylic acids is 3. The summed E-state index contributed by atoms with van der Waals surface area (Å²) in [4.78, 5) is 48.9. The maximum atomic E-state index is 12.6. The number of hydrogen-bond donors (Lipinski definition) is 2. The Morgan fingerprint density at radius 2 is 1.75 bits per heavy atom. The fraction of sp³-hybridized carbons (Fsp3) is 0.524. The molecule has 1 saturated carbocycles. The van der Waals surface area contributed by atoms with Crippen LogP contribution >= 0.6 is 0 Å². The van der Waals surface area contributed by atoms with Crippen LogP contribution in [-0.2, 0) is 25.7 Å². The quantitative estimate of drug-likeness (QED) is 0.726. The van der Waals surface area contributed by atoms with Gasteiger partial charge in [-0.25, -0.2) is 0 Å². The van der Waals surface area contributed by atoms with Crippen molar-refractivity contribution in [1.29, 1.82) is 0 Å². The van der Waals surface area contributed by atoms with Crippen LogP contribution in [0.1, 0.15) is 55.6 Å². The maximum Gasteiger partial charge on any atom is 0.322 e. The number of carbonyl (C=O) groups is 4. The second-order valence-corrected chi connectivity index (χ2v) is 7.60. The topological polar surface area (TPSA) is 104 Å². The minimum atomic E-state index is -1.45. The highest BCUT2D eigenvalue weighted by atomic mass is 16.4. The number of rotatable bonds is 6. The van der Waals surface area contributed by atoms with Crippen molar-refractivity contribution in [2.75, 3.05) is 13.1 Å². The molecule has 7 nitrogen and oxygen atoms in total. The molecular weight excluding hydrogens is 360 g/mol. The zero-order valence-electron chi connectivity index (χ0n) is 15.9. The Hall–Kier alpha value is -2.70. The van der Waals surface area contributed by atoms with Gasteiger partial charge in [0.05, 0.1) is 0 Å². The largest absolute Gasteiger partial charge is 0.480 e. The van der Waals surface area contributed by atoms with Gasteiger partial charge >= 0.3 is 5.97 Å². The first-order chi connectivity index (χ1) is 13.5. The van der Waals surface area contributed by atoms with E-state index in [0.717, 1.165) is 5.56 Å². The summed E-state index contributed by atoms with van der Waals surface area (Å²) < 4.78 is 0. The van der Waals surface area contributed by atoms with E-state index >= 15 is 0 Å². The maximum absolute atomic E-state index is 12.6. The Bertz CT molecular complexity index is 753. The number of Topliss-reactive ketones (excluding diaryl/α,β-unsaturated/α-hetero) is 1. The van der Waals surface area contributed by atoms with Crippen molar-refractivity contribution in [3.63, 3.8) is 0 Å². The number of ketones is 1. The monoisotopic (exact) mass is 386 g/mol. The SMILES string of the molecule is O=C(O)CNC(=O)C1C(=O)CCN(Cc2ccc(C3CCCCC3)cc2)C1=O. The van der Waals surface area contributed by atoms with Crippen LogP contribution in [0.5, 0.6) is 0 Å². The zero-order valence-corrected chi connectivity index (χ0v) is 15.9. The van der Waals surface area contributed by atoms with Crippen LogP contribution in [0.4, 0.5) is 0 Å². The minimum Gasteiger partial charge on any atom is -0.480 e. The molecule has 28 heavy (non-hydrogen) atoms. The lowest BCUT2D eigenvalue weighted by Crippen LogP contribution is -2.52. The number of hydrogen-bond acceptors (Lipinski definition) is 4. The van der Waals surface area contributed by atoms with E-state index in [1.165, 1.54) is 42.6 Å². The number of piperidine rings is 1. The Morgan fingerprint density at radius 3 is 2.39 bits per heavy atom. The molecule has 2 amide bonds. The van der Waals surface area contributed by atoms with E-state index in [-0.39, 0.29) is 13.0 Å². The number of carboxylic acid groups (broad SMARTS) is 1. The van der Waals surface area contributed by atoms with Gasteiger partial charge in [0.1, 0.15) is 6.54 Å². The lowest BCUT2D eigenvalue weighted by atomic mass is 9.84. The van der Waals surface area contributed by atoms with Crippen molar-refractivity contribution < 1.29 is 24.3 Å². The van der Waals surface area contributed by atoms with Crippen molar-refractivity contribution in [3.05, 3.63) is 35.4 Å². The van der Waals surface area contributed by atoms with Crippen LogP contribution in [0, 0.1) is 5.92 Å². The normalized spacial score (nSPS) is 20.9. The number of likely N-dealkylation sites (tertiary alicyclic amines) is 1. The first-order valence-electron chi connectivity index (χ1n) is 9.85. The summed E-state index contributed by atoms with van der Waals surface area (Å²) in [6.45, 7) is -0.0109. The van der Waals surface area contributed by atoms with E-state index in [2.05, 4.69) is 17.4 Å². The molecule has 1 heterocycles. The van der Waals surface area contributed by atoms with Gasteiger partial charge in [-0.05, 0) is 29.9 Å². The van der Waals surface area contributed by atoms with Crippen LogP contribution in [0.3, 0.4) is 0 Å². The van der Waals surface area contributed by atoms with E-state index in [4.69, 9.17) is 5.11 Å². The van der Waals surface area contributed by atoms with E-state index < -0.39 is 36.0 Å². The number of aliphatic carboxylic acids is 1. The Morgan fingerprint density at radius 1 is 1.07 bits per heavy atom. The Kier molecular flexibility index (Phi) is 6.44. The summed E-state index contributed by atoms with van der Waals surface area (Å²) in [5.41, 5.74) is 2.28. The molecule has 0 aromatic heterocycles. The first-order valence-corrected chi connectivity index (χ1v) is 9.85. The summed E-state index contributed by atoms with van der Waals surface area (Å²) in [5, 5.41) is 10.8. The molecule has 0 radical (unpaired) electrons. The Balaban J connectivity index is 1.63. The number of benzene rings is 1. The number of carboxylic acids is 1. The van der Waals surface area contributed by atoms with Gasteiger partial charge < -0.3 is 15.3 Å². The summed E-state index contributed by atoms with van der Waals surface area (Å²) >= 11 is 0. The van der Waals surface area contributed by atoms with Crippen molar-refractivity contribution in [2.45, 2.75) is 51.0 Å². The van der Waals surface area contributed by atoms with Gasteiger partial charge in [0.2, 0.25) is 11.8 Å². The molecule has 0 bridgehead atoms. The highest BCUT2D eigenvalue weighted by Crippen LogP contribution is 2.32. The molecule has 1 saturated heterocycles. The zero-order chi connectivity index (χ0) is 20.1. The van der Waals surface area contributed by atoms with E-state index in [1.807, 2.05) is 12.1 Å². The van der Waals surface area contributed by atoms with Gasteiger partial charge in [0.25, 0.3) is 0 Å². The lowest BCUT2D eigenvalue weighted by Gasteiger charge is -2.31. The van der Waals surface area contributed by atoms with Crippen LogP contribution in [0.25, 0.3) is 0 Å². The third-order valence-electron chi connectivity index (χ3n) is 5.61. The van der Waals surface area contributed by atoms with Crippen LogP contribution in [0.15, 0.2) is 24.3 Å². The first kappa shape index (κ1) is 20.0. The fourth-order valence-corrected chi connectivity index (χ4v) is 4.05. The summed E-state index contributed by atoms with van der Waals surface area (Å²) in [6, 6.07) is 8.24. The average molecular weight is 386 g/mol. The number of nitrogens with zero attached hydrogens (tertiary/aromatic N) is 1. The molecule has 1 aliphatic carbocycles. The van der Waals surface area contributed by atoms with Crippen LogP contribution in [-0.4, -0.2) is 46.7 Å². The van der Waals surface area contributed by atoms with Gasteiger partial charge in [-0.15, -0.1) is 0 Å². The molecular formula is C21H26N2O5. The molecule has 150 valence electrons. The van der Waals surface area contributed by atoms with Crippen molar-refractivity contribution in [2.24, 2.45) is 5.92 Å². The standard InChI is InChI=1S/C21H26N2O5/c24-17-10-11-23(21(28)19(17)20(27)22-12-18(25)26)13-14-6-8-16(9-7-14)15-4-2-1-3-5-15/h6-9,15,19H,1-5,10-13H2,(H,22,27)(H,25,26). The molecule has 1 aromatic rings. The van der Waals surface area contributed by atoms with E-state index in [0.29, 0.717) is 12.5 Å². The van der Waals surface area contributed by atoms with Gasteiger partial charge in [0, 0.05) is 19.5 Å². The molecule has 1 unspecified atom stereocenters. The van der Waals surface area contributed by atoms with Crippen LogP contribution in [0.2, 0.25) is 0 Å². The van der Waals surface area contributed by atoms with Crippen LogP contribution < -0.4 is 5.32 Å². The summed E-state index contributed by atoms with van der Waals surface area (Å²) in [6.07, 6.45) is 6.39. The van der Waals surface area contributed by atoms with Gasteiger partial charge in [0.15, 0.2) is 11.7 Å². The summed E-state index contributed by atoms with van der Waals surface area (Å²) in [7, 11) is 0. The molecule has 1 aliphatic heterocycles. The van der Waals surface area contributed by atoms with Gasteiger partial charge in [-0.1, -0.05) is 43.5 Å². The molecule has 1 atom stereocenters. The fourth-order valence-electron chi connectivity index (χ4n) is 4.05. The van der Waals surface area contributed by atoms with Crippen molar-refractivity contribution in [1.82, 2.24) is 10.2 Å². The predicted octanol–water partition coefficient (Wildman–Crippen LogP) is 1.85. The van der Waals surface area contributed by atoms with Gasteiger partial charge in [-0.3, -0.25) is 19.2 Å². The Labute approximate surface area is 164 Å². The van der Waals surface area contributed by atoms with Crippen molar-refractivity contribution in [3.8, 4) is 0 Å². The molecule has 2 aliphatic rings. The molecule has 1 aromatic carbocycles. The molecule has 7 heteroatoms. The highest BCUT2D eigenvalue weighted by Gasteiger charge is 2.40. The third kappa shape index (κ3) is 4.77. The average Bonchev–Trinajstić information content (AvgIpc) is 2.70. The second kappa shape index (κ2) is 8.99. The molecule has 0 spiro atoms. The minimum absolute atomic E-state index is 0.0943. The van der Waals surface area contributed by atoms with Gasteiger partial charge in [-0.2, -0.15) is 0 Å².